The first-order valence-electron chi connectivity index (χ1n) is 11.3. The molecule has 1 aromatic rings. The van der Waals surface area contributed by atoms with Crippen LogP contribution in [0.5, 0.6) is 0 Å². The van der Waals surface area contributed by atoms with E-state index in [1.807, 2.05) is 7.05 Å². The Balaban J connectivity index is 1.47. The summed E-state index contributed by atoms with van der Waals surface area (Å²) in [6.07, 6.45) is 6.48. The van der Waals surface area contributed by atoms with Gasteiger partial charge in [-0.25, -0.2) is 0 Å². The van der Waals surface area contributed by atoms with Crippen LogP contribution in [-0.4, -0.2) is 68.6 Å². The van der Waals surface area contributed by atoms with Crippen molar-refractivity contribution in [2.75, 3.05) is 52.9 Å². The first-order valence-corrected chi connectivity index (χ1v) is 11.3. The summed E-state index contributed by atoms with van der Waals surface area (Å²) in [6.45, 7) is 10.3. The number of nitrogens with zero attached hydrogens (tertiary/aromatic N) is 3. The second-order valence-corrected chi connectivity index (χ2v) is 8.29. The molecule has 0 amide bonds. The molecule has 2 N–H and O–H groups in total. The van der Waals surface area contributed by atoms with Crippen LogP contribution in [0.2, 0.25) is 0 Å². The molecular weight excluding hydrogens is 346 g/mol. The average Bonchev–Trinajstić information content (AvgIpc) is 3.27. The Bertz CT molecular complexity index is 574. The summed E-state index contributed by atoms with van der Waals surface area (Å²) in [6, 6.07) is 11.3. The predicted molar refractivity (Wildman–Crippen MR) is 119 cm³/mol. The highest BCUT2D eigenvalue weighted by molar-refractivity contribution is 5.79. The summed E-state index contributed by atoms with van der Waals surface area (Å²) in [7, 11) is 1.88. The van der Waals surface area contributed by atoms with Crippen molar-refractivity contribution in [2.24, 2.45) is 10.9 Å². The quantitative estimate of drug-likeness (QED) is 0.533. The van der Waals surface area contributed by atoms with E-state index < -0.39 is 0 Å². The molecule has 2 aliphatic rings. The fourth-order valence-electron chi connectivity index (χ4n) is 4.57. The molecule has 5 nitrogen and oxygen atoms in total. The van der Waals surface area contributed by atoms with Crippen molar-refractivity contribution in [3.63, 3.8) is 0 Å². The molecule has 28 heavy (non-hydrogen) atoms. The SMILES string of the molecule is CCCN1CCC(CNC(=NC)NCC(c2ccccc2)N2CCCC2)CC1. The number of piperidine rings is 1. The number of likely N-dealkylation sites (tertiary alicyclic amines) is 2. The summed E-state index contributed by atoms with van der Waals surface area (Å²) in [5.41, 5.74) is 1.40. The van der Waals surface area contributed by atoms with Crippen LogP contribution in [-0.2, 0) is 0 Å². The lowest BCUT2D eigenvalue weighted by atomic mass is 9.97. The predicted octanol–water partition coefficient (Wildman–Crippen LogP) is 3.11. The highest BCUT2D eigenvalue weighted by Gasteiger charge is 2.24. The molecular formula is C23H39N5. The van der Waals surface area contributed by atoms with E-state index in [2.05, 4.69) is 62.7 Å². The van der Waals surface area contributed by atoms with Crippen LogP contribution in [0.3, 0.4) is 0 Å². The lowest BCUT2D eigenvalue weighted by Crippen LogP contribution is -2.45. The maximum Gasteiger partial charge on any atom is 0.191 e. The molecule has 156 valence electrons. The highest BCUT2D eigenvalue weighted by Crippen LogP contribution is 2.24. The van der Waals surface area contributed by atoms with Gasteiger partial charge in [0.25, 0.3) is 0 Å². The van der Waals surface area contributed by atoms with Crippen LogP contribution in [0.1, 0.15) is 50.6 Å². The Morgan fingerprint density at radius 2 is 1.79 bits per heavy atom. The second-order valence-electron chi connectivity index (χ2n) is 8.29. The molecule has 0 radical (unpaired) electrons. The minimum atomic E-state index is 0.416. The van der Waals surface area contributed by atoms with Gasteiger partial charge in [-0.3, -0.25) is 9.89 Å². The molecule has 2 saturated heterocycles. The first-order chi connectivity index (χ1) is 13.8. The fraction of sp³-hybridized carbons (Fsp3) is 0.696. The van der Waals surface area contributed by atoms with E-state index in [4.69, 9.17) is 0 Å². The monoisotopic (exact) mass is 385 g/mol. The van der Waals surface area contributed by atoms with Gasteiger partial charge in [0, 0.05) is 20.1 Å². The van der Waals surface area contributed by atoms with Gasteiger partial charge in [0.05, 0.1) is 6.04 Å². The third-order valence-electron chi connectivity index (χ3n) is 6.26. The molecule has 0 bridgehead atoms. The van der Waals surface area contributed by atoms with E-state index in [1.165, 1.54) is 70.4 Å². The Hall–Kier alpha value is -1.59. The van der Waals surface area contributed by atoms with Gasteiger partial charge < -0.3 is 15.5 Å². The molecule has 2 aliphatic heterocycles. The van der Waals surface area contributed by atoms with E-state index in [1.54, 1.807) is 0 Å². The fourth-order valence-corrected chi connectivity index (χ4v) is 4.57. The molecule has 0 saturated carbocycles. The van der Waals surface area contributed by atoms with Crippen LogP contribution >= 0.6 is 0 Å². The van der Waals surface area contributed by atoms with Gasteiger partial charge >= 0.3 is 0 Å². The summed E-state index contributed by atoms with van der Waals surface area (Å²) >= 11 is 0. The van der Waals surface area contributed by atoms with Crippen molar-refractivity contribution < 1.29 is 0 Å². The molecule has 1 aromatic carbocycles. The molecule has 5 heteroatoms. The number of benzene rings is 1. The summed E-state index contributed by atoms with van der Waals surface area (Å²) in [4.78, 5) is 9.69. The van der Waals surface area contributed by atoms with Crippen LogP contribution in [0, 0.1) is 5.92 Å². The van der Waals surface area contributed by atoms with Crippen LogP contribution < -0.4 is 10.6 Å². The van der Waals surface area contributed by atoms with Gasteiger partial charge in [-0.05, 0) is 76.3 Å². The Kier molecular flexibility index (Phi) is 8.62. The number of guanidine groups is 1. The van der Waals surface area contributed by atoms with E-state index in [0.717, 1.165) is 25.0 Å². The van der Waals surface area contributed by atoms with Crippen LogP contribution in [0.4, 0.5) is 0 Å². The van der Waals surface area contributed by atoms with Crippen LogP contribution in [0.15, 0.2) is 35.3 Å². The molecule has 0 spiro atoms. The number of hydrogen-bond acceptors (Lipinski definition) is 3. The van der Waals surface area contributed by atoms with Crippen LogP contribution in [0.25, 0.3) is 0 Å². The smallest absolute Gasteiger partial charge is 0.191 e. The number of rotatable bonds is 8. The summed E-state index contributed by atoms with van der Waals surface area (Å²) in [5.74, 6) is 1.70. The van der Waals surface area contributed by atoms with Gasteiger partial charge in [0.2, 0.25) is 0 Å². The minimum Gasteiger partial charge on any atom is -0.356 e. The molecule has 0 aromatic heterocycles. The van der Waals surface area contributed by atoms with Crippen molar-refractivity contribution in [3.8, 4) is 0 Å². The van der Waals surface area contributed by atoms with E-state index in [0.29, 0.717) is 6.04 Å². The zero-order chi connectivity index (χ0) is 19.6. The standard InChI is InChI=1S/C23H39N5/c1-3-13-27-16-11-20(12-17-27)18-25-23(24-2)26-19-22(28-14-7-8-15-28)21-9-5-4-6-10-21/h4-6,9-10,20,22H,3,7-8,11-19H2,1-2H3,(H2,24,25,26). The molecule has 1 unspecified atom stereocenters. The van der Waals surface area contributed by atoms with Crippen molar-refractivity contribution in [3.05, 3.63) is 35.9 Å². The van der Waals surface area contributed by atoms with Crippen molar-refractivity contribution in [1.29, 1.82) is 0 Å². The zero-order valence-corrected chi connectivity index (χ0v) is 17.9. The van der Waals surface area contributed by atoms with E-state index in [-0.39, 0.29) is 0 Å². The second kappa shape index (κ2) is 11.4. The third-order valence-corrected chi connectivity index (χ3v) is 6.26. The number of hydrogen-bond donors (Lipinski definition) is 2. The summed E-state index contributed by atoms with van der Waals surface area (Å²) in [5, 5.41) is 7.19. The van der Waals surface area contributed by atoms with Gasteiger partial charge in [0.1, 0.15) is 0 Å². The normalized spacial score (nSPS) is 21.0. The molecule has 1 atom stereocenters. The lowest BCUT2D eigenvalue weighted by molar-refractivity contribution is 0.185. The van der Waals surface area contributed by atoms with Crippen molar-refractivity contribution in [1.82, 2.24) is 20.4 Å². The highest BCUT2D eigenvalue weighted by atomic mass is 15.2. The van der Waals surface area contributed by atoms with Crippen molar-refractivity contribution in [2.45, 2.75) is 45.1 Å². The Morgan fingerprint density at radius 3 is 2.43 bits per heavy atom. The summed E-state index contributed by atoms with van der Waals surface area (Å²) < 4.78 is 0. The maximum atomic E-state index is 4.47. The molecule has 3 rings (SSSR count). The number of aliphatic imine (C=N–C) groups is 1. The topological polar surface area (TPSA) is 42.9 Å². The third kappa shape index (κ3) is 6.21. The average molecular weight is 386 g/mol. The molecule has 0 aliphatic carbocycles. The number of nitrogens with one attached hydrogen (secondary N) is 2. The Morgan fingerprint density at radius 1 is 1.07 bits per heavy atom. The first kappa shape index (κ1) is 21.1. The largest absolute Gasteiger partial charge is 0.356 e. The van der Waals surface area contributed by atoms with E-state index in [9.17, 15) is 0 Å². The van der Waals surface area contributed by atoms with Gasteiger partial charge in [-0.1, -0.05) is 37.3 Å². The zero-order valence-electron chi connectivity index (χ0n) is 17.9. The van der Waals surface area contributed by atoms with Gasteiger partial charge in [0.15, 0.2) is 5.96 Å². The van der Waals surface area contributed by atoms with Gasteiger partial charge in [-0.15, -0.1) is 0 Å². The van der Waals surface area contributed by atoms with Crippen molar-refractivity contribution >= 4 is 5.96 Å². The molecule has 2 heterocycles. The van der Waals surface area contributed by atoms with Gasteiger partial charge in [-0.2, -0.15) is 0 Å². The molecule has 2 fully saturated rings. The Labute approximate surface area is 171 Å². The minimum absolute atomic E-state index is 0.416. The lowest BCUT2D eigenvalue weighted by Gasteiger charge is -2.32. The van der Waals surface area contributed by atoms with E-state index >= 15 is 0 Å². The maximum absolute atomic E-state index is 4.47.